The van der Waals surface area contributed by atoms with E-state index < -0.39 is 12.1 Å². The summed E-state index contributed by atoms with van der Waals surface area (Å²) in [5, 5.41) is 19.4. The molecule has 1 atom stereocenters. The minimum Gasteiger partial charge on any atom is -0.478 e. The molecule has 2 aromatic carbocycles. The average molecular weight is 416 g/mol. The first kappa shape index (κ1) is 20.3. The summed E-state index contributed by atoms with van der Waals surface area (Å²) in [6, 6.07) is 20.2. The molecule has 0 saturated carbocycles. The van der Waals surface area contributed by atoms with Gasteiger partial charge in [0.05, 0.1) is 11.8 Å². The number of aromatic carboxylic acids is 1. The van der Waals surface area contributed by atoms with Crippen LogP contribution in [0.5, 0.6) is 11.5 Å². The third kappa shape index (κ3) is 5.15. The largest absolute Gasteiger partial charge is 0.478 e. The number of ether oxygens (including phenoxy) is 1. The fourth-order valence-corrected chi connectivity index (χ4v) is 3.00. The molecule has 7 heteroatoms. The highest BCUT2D eigenvalue weighted by molar-refractivity contribution is 5.87. The van der Waals surface area contributed by atoms with Crippen molar-refractivity contribution in [3.05, 3.63) is 96.1 Å². The fraction of sp³-hybridized carbons (Fsp3) is 0.125. The van der Waals surface area contributed by atoms with E-state index in [9.17, 15) is 9.90 Å². The molecule has 0 amide bonds. The van der Waals surface area contributed by atoms with E-state index in [0.717, 1.165) is 17.1 Å². The molecule has 2 N–H and O–H groups in total. The van der Waals surface area contributed by atoms with Crippen molar-refractivity contribution in [3.8, 4) is 23.0 Å². The zero-order chi connectivity index (χ0) is 21.6. The number of rotatable bonds is 8. The Balaban J connectivity index is 1.33. The monoisotopic (exact) mass is 416 g/mol. The molecular weight excluding hydrogens is 396 g/mol. The summed E-state index contributed by atoms with van der Waals surface area (Å²) in [6.07, 6.45) is 2.92. The van der Waals surface area contributed by atoms with Crippen LogP contribution in [-0.2, 0) is 6.42 Å². The van der Waals surface area contributed by atoms with Crippen LogP contribution in [0.2, 0.25) is 0 Å². The van der Waals surface area contributed by atoms with E-state index in [1.807, 2.05) is 54.6 Å². The molecule has 0 aliphatic carbocycles. The number of aromatic nitrogens is 2. The number of pyridine rings is 1. The van der Waals surface area contributed by atoms with E-state index in [-0.39, 0.29) is 11.5 Å². The van der Waals surface area contributed by atoms with Gasteiger partial charge in [-0.05, 0) is 54.8 Å². The molecule has 2 aromatic heterocycles. The Morgan fingerprint density at radius 2 is 1.68 bits per heavy atom. The maximum atomic E-state index is 10.9. The van der Waals surface area contributed by atoms with Crippen LogP contribution in [-0.4, -0.2) is 26.2 Å². The quantitative estimate of drug-likeness (QED) is 0.421. The highest BCUT2D eigenvalue weighted by atomic mass is 16.5. The number of aryl methyl sites for hydroxylation is 1. The second-order valence-electron chi connectivity index (χ2n) is 6.91. The number of hydrogen-bond donors (Lipinski definition) is 2. The first-order valence-electron chi connectivity index (χ1n) is 9.74. The molecule has 156 valence electrons. The van der Waals surface area contributed by atoms with E-state index in [0.29, 0.717) is 24.3 Å². The molecule has 0 aliphatic heterocycles. The lowest BCUT2D eigenvalue weighted by Gasteiger charge is -2.08. The van der Waals surface area contributed by atoms with Crippen LogP contribution in [0.4, 0.5) is 0 Å². The van der Waals surface area contributed by atoms with Gasteiger partial charge in [0.15, 0.2) is 5.76 Å². The number of aliphatic hydroxyl groups excluding tert-OH is 1. The van der Waals surface area contributed by atoms with Crippen molar-refractivity contribution >= 4 is 5.97 Å². The van der Waals surface area contributed by atoms with Gasteiger partial charge in [-0.3, -0.25) is 4.98 Å². The van der Waals surface area contributed by atoms with Crippen molar-refractivity contribution < 1.29 is 24.2 Å². The van der Waals surface area contributed by atoms with Crippen LogP contribution >= 0.6 is 0 Å². The summed E-state index contributed by atoms with van der Waals surface area (Å²) >= 11 is 0. The smallest absolute Gasteiger partial charge is 0.337 e. The summed E-state index contributed by atoms with van der Waals surface area (Å²) in [5.41, 5.74) is 1.59. The molecule has 7 nitrogen and oxygen atoms in total. The first-order valence-corrected chi connectivity index (χ1v) is 9.74. The van der Waals surface area contributed by atoms with Gasteiger partial charge in [0.2, 0.25) is 5.89 Å². The number of carboxylic acid groups (broad SMARTS) is 1. The highest BCUT2D eigenvalue weighted by Gasteiger charge is 2.16. The van der Waals surface area contributed by atoms with Crippen molar-refractivity contribution in [2.24, 2.45) is 0 Å². The number of benzene rings is 2. The number of oxazole rings is 1. The van der Waals surface area contributed by atoms with Crippen molar-refractivity contribution in [2.75, 3.05) is 0 Å². The van der Waals surface area contributed by atoms with Crippen molar-refractivity contribution in [2.45, 2.75) is 18.9 Å². The normalized spacial score (nSPS) is 11.8. The van der Waals surface area contributed by atoms with Crippen molar-refractivity contribution in [1.29, 1.82) is 0 Å². The SMILES string of the molecule is O=C(O)c1ccc(-c2cnc(C(O)CCc3ccc(Oc4ccccc4)cc3)o2)nc1. The number of nitrogens with zero attached hydrogens (tertiary/aromatic N) is 2. The third-order valence-corrected chi connectivity index (χ3v) is 4.68. The van der Waals surface area contributed by atoms with Gasteiger partial charge in [0.1, 0.15) is 23.3 Å². The van der Waals surface area contributed by atoms with Crippen LogP contribution < -0.4 is 4.74 Å². The molecule has 2 heterocycles. The maximum Gasteiger partial charge on any atom is 0.337 e. The summed E-state index contributed by atoms with van der Waals surface area (Å²) in [7, 11) is 0. The van der Waals surface area contributed by atoms with Crippen LogP contribution in [0, 0.1) is 0 Å². The molecular formula is C24H20N2O5. The average Bonchev–Trinajstić information content (AvgIpc) is 3.30. The van der Waals surface area contributed by atoms with Crippen LogP contribution in [0.1, 0.15) is 34.3 Å². The van der Waals surface area contributed by atoms with Gasteiger partial charge in [-0.1, -0.05) is 30.3 Å². The Labute approximate surface area is 178 Å². The Kier molecular flexibility index (Phi) is 6.05. The van der Waals surface area contributed by atoms with Crippen LogP contribution in [0.25, 0.3) is 11.5 Å². The van der Waals surface area contributed by atoms with Gasteiger partial charge in [0.25, 0.3) is 0 Å². The standard InChI is InChI=1S/C24H20N2O5/c27-21(23-26-15-22(31-23)20-12-9-17(14-25-20)24(28)29)13-8-16-6-10-19(11-7-16)30-18-4-2-1-3-5-18/h1-7,9-12,14-15,21,27H,8,13H2,(H,28,29). The van der Waals surface area contributed by atoms with Gasteiger partial charge in [0, 0.05) is 6.20 Å². The fourth-order valence-electron chi connectivity index (χ4n) is 3.00. The lowest BCUT2D eigenvalue weighted by Crippen LogP contribution is -2.00. The van der Waals surface area contributed by atoms with E-state index >= 15 is 0 Å². The van der Waals surface area contributed by atoms with Crippen molar-refractivity contribution in [3.63, 3.8) is 0 Å². The molecule has 0 saturated heterocycles. The molecule has 0 fully saturated rings. The molecule has 0 aliphatic rings. The Morgan fingerprint density at radius 3 is 2.35 bits per heavy atom. The topological polar surface area (TPSA) is 106 Å². The van der Waals surface area contributed by atoms with Gasteiger partial charge >= 0.3 is 5.97 Å². The summed E-state index contributed by atoms with van der Waals surface area (Å²) in [6.45, 7) is 0. The summed E-state index contributed by atoms with van der Waals surface area (Å²) in [5.74, 6) is 1.04. The number of para-hydroxylation sites is 1. The second kappa shape index (κ2) is 9.23. The molecule has 4 rings (SSSR count). The highest BCUT2D eigenvalue weighted by Crippen LogP contribution is 2.25. The summed E-state index contributed by atoms with van der Waals surface area (Å²) < 4.78 is 11.4. The van der Waals surface area contributed by atoms with Gasteiger partial charge < -0.3 is 19.4 Å². The Bertz CT molecular complexity index is 1140. The minimum atomic E-state index is -1.05. The zero-order valence-electron chi connectivity index (χ0n) is 16.5. The second-order valence-corrected chi connectivity index (χ2v) is 6.91. The lowest BCUT2D eigenvalue weighted by molar-refractivity contribution is 0.0696. The predicted molar refractivity (Wildman–Crippen MR) is 113 cm³/mol. The molecule has 0 bridgehead atoms. The lowest BCUT2D eigenvalue weighted by atomic mass is 10.1. The maximum absolute atomic E-state index is 10.9. The van der Waals surface area contributed by atoms with E-state index in [4.69, 9.17) is 14.3 Å². The van der Waals surface area contributed by atoms with Crippen molar-refractivity contribution in [1.82, 2.24) is 9.97 Å². The predicted octanol–water partition coefficient (Wildman–Crippen LogP) is 4.89. The molecule has 4 aromatic rings. The van der Waals surface area contributed by atoms with Gasteiger partial charge in [-0.15, -0.1) is 0 Å². The summed E-state index contributed by atoms with van der Waals surface area (Å²) in [4.78, 5) is 19.1. The van der Waals surface area contributed by atoms with E-state index in [1.54, 1.807) is 6.07 Å². The molecule has 0 spiro atoms. The zero-order valence-corrected chi connectivity index (χ0v) is 16.5. The molecule has 0 radical (unpaired) electrons. The Morgan fingerprint density at radius 1 is 0.935 bits per heavy atom. The third-order valence-electron chi connectivity index (χ3n) is 4.68. The Hall–Kier alpha value is -3.97. The van der Waals surface area contributed by atoms with E-state index in [1.165, 1.54) is 18.5 Å². The number of carboxylic acids is 1. The minimum absolute atomic E-state index is 0.0868. The number of hydrogen-bond acceptors (Lipinski definition) is 6. The number of aliphatic hydroxyl groups is 1. The first-order chi connectivity index (χ1) is 15.1. The molecule has 1 unspecified atom stereocenters. The van der Waals surface area contributed by atoms with Crippen LogP contribution in [0.15, 0.2) is 83.5 Å². The molecule has 31 heavy (non-hydrogen) atoms. The van der Waals surface area contributed by atoms with E-state index in [2.05, 4.69) is 9.97 Å². The number of carbonyl (C=O) groups is 1. The van der Waals surface area contributed by atoms with Gasteiger partial charge in [-0.2, -0.15) is 0 Å². The van der Waals surface area contributed by atoms with Crippen LogP contribution in [0.3, 0.4) is 0 Å². The van der Waals surface area contributed by atoms with Gasteiger partial charge in [-0.25, -0.2) is 9.78 Å².